The lowest BCUT2D eigenvalue weighted by Gasteiger charge is -2.19. The second-order valence-corrected chi connectivity index (χ2v) is 6.93. The van der Waals surface area contributed by atoms with E-state index >= 15 is 0 Å². The first-order valence-electron chi connectivity index (χ1n) is 7.15. The lowest BCUT2D eigenvalue weighted by atomic mass is 10.1. The number of hydrogen-bond acceptors (Lipinski definition) is 4. The molecule has 2 heterocycles. The Kier molecular flexibility index (Phi) is 3.45. The zero-order chi connectivity index (χ0) is 15.1. The van der Waals surface area contributed by atoms with Crippen LogP contribution in [0.2, 0.25) is 0 Å². The fourth-order valence-electron chi connectivity index (χ4n) is 2.77. The van der Waals surface area contributed by atoms with Crippen LogP contribution < -0.4 is 10.6 Å². The smallest absolute Gasteiger partial charge is 0.229 e. The molecule has 1 aromatic carbocycles. The van der Waals surface area contributed by atoms with E-state index in [9.17, 15) is 4.79 Å². The average Bonchev–Trinajstić information content (AvgIpc) is 3.00. The van der Waals surface area contributed by atoms with Gasteiger partial charge in [0.2, 0.25) is 5.91 Å². The predicted molar refractivity (Wildman–Crippen MR) is 87.6 cm³/mol. The number of anilines is 2. The van der Waals surface area contributed by atoms with Crippen molar-refractivity contribution >= 4 is 28.1 Å². The van der Waals surface area contributed by atoms with E-state index in [0.29, 0.717) is 5.13 Å². The fraction of sp³-hybridized carbons (Fsp3) is 0.375. The molecule has 0 saturated heterocycles. The topological polar surface area (TPSA) is 59.2 Å². The molecule has 0 saturated carbocycles. The van der Waals surface area contributed by atoms with Crippen LogP contribution in [0.4, 0.5) is 10.8 Å². The zero-order valence-electron chi connectivity index (χ0n) is 12.5. The van der Waals surface area contributed by atoms with Gasteiger partial charge in [-0.2, -0.15) is 0 Å². The molecular weight excluding hydrogens is 282 g/mol. The fourth-order valence-corrected chi connectivity index (χ4v) is 3.49. The van der Waals surface area contributed by atoms with Gasteiger partial charge in [0.15, 0.2) is 5.13 Å². The van der Waals surface area contributed by atoms with Crippen LogP contribution in [0.5, 0.6) is 0 Å². The molecule has 5 heteroatoms. The number of nitrogens with two attached hydrogens (primary N) is 1. The molecule has 1 aromatic heterocycles. The summed E-state index contributed by atoms with van der Waals surface area (Å²) in [5.41, 5.74) is 10.1. The molecule has 0 radical (unpaired) electrons. The molecule has 2 aromatic rings. The Morgan fingerprint density at radius 1 is 1.43 bits per heavy atom. The minimum atomic E-state index is 0.0243. The van der Waals surface area contributed by atoms with Gasteiger partial charge in [0.25, 0.3) is 0 Å². The van der Waals surface area contributed by atoms with E-state index in [1.165, 1.54) is 16.9 Å². The summed E-state index contributed by atoms with van der Waals surface area (Å²) >= 11 is 1.51. The van der Waals surface area contributed by atoms with E-state index in [1.54, 1.807) is 0 Å². The monoisotopic (exact) mass is 301 g/mol. The summed E-state index contributed by atoms with van der Waals surface area (Å²) in [6.45, 7) is 6.69. The highest BCUT2D eigenvalue weighted by atomic mass is 32.1. The van der Waals surface area contributed by atoms with Gasteiger partial charge in [0, 0.05) is 28.6 Å². The van der Waals surface area contributed by atoms with Crippen LogP contribution in [0, 0.1) is 12.8 Å². The molecule has 0 bridgehead atoms. The van der Waals surface area contributed by atoms with E-state index in [1.807, 2.05) is 37.8 Å². The molecule has 1 aliphatic rings. The number of nitrogens with zero attached hydrogens (tertiary/aromatic N) is 2. The Balaban J connectivity index is 1.97. The number of fused-ring (bicyclic) bond motifs is 1. The molecule has 4 nitrogen and oxygen atoms in total. The van der Waals surface area contributed by atoms with Crippen molar-refractivity contribution in [3.63, 3.8) is 0 Å². The number of hydrogen-bond donors (Lipinski definition) is 1. The Morgan fingerprint density at radius 2 is 2.19 bits per heavy atom. The van der Waals surface area contributed by atoms with Gasteiger partial charge in [-0.25, -0.2) is 4.98 Å². The number of thiazole rings is 1. The molecule has 0 aliphatic carbocycles. The summed E-state index contributed by atoms with van der Waals surface area (Å²) in [6, 6.07) is 6.21. The lowest BCUT2D eigenvalue weighted by Crippen LogP contribution is -2.32. The van der Waals surface area contributed by atoms with Crippen molar-refractivity contribution in [3.05, 3.63) is 28.6 Å². The van der Waals surface area contributed by atoms with Crippen LogP contribution in [0.15, 0.2) is 18.2 Å². The molecule has 0 fully saturated rings. The Hall–Kier alpha value is -1.88. The zero-order valence-corrected chi connectivity index (χ0v) is 13.3. The number of amides is 1. The molecule has 0 atom stereocenters. The quantitative estimate of drug-likeness (QED) is 0.926. The molecule has 2 N–H and O–H groups in total. The number of aromatic nitrogens is 1. The summed E-state index contributed by atoms with van der Waals surface area (Å²) in [6.07, 6.45) is 0.903. The summed E-state index contributed by atoms with van der Waals surface area (Å²) in [5.74, 6) is 0.215. The van der Waals surface area contributed by atoms with E-state index in [2.05, 4.69) is 11.1 Å². The van der Waals surface area contributed by atoms with Gasteiger partial charge in [-0.05, 0) is 31.0 Å². The Bertz CT molecular complexity index is 706. The van der Waals surface area contributed by atoms with Gasteiger partial charge in [-0.15, -0.1) is 11.3 Å². The first-order valence-corrected chi connectivity index (χ1v) is 7.96. The van der Waals surface area contributed by atoms with Gasteiger partial charge in [-0.1, -0.05) is 19.9 Å². The number of aryl methyl sites for hydroxylation is 1. The van der Waals surface area contributed by atoms with Crippen LogP contribution in [0.1, 0.15) is 24.3 Å². The number of nitrogen functional groups attached to an aromatic ring is 1. The number of rotatable bonds is 2. The highest BCUT2D eigenvalue weighted by Gasteiger charge is 2.26. The molecule has 0 spiro atoms. The average molecular weight is 301 g/mol. The van der Waals surface area contributed by atoms with Crippen LogP contribution in [-0.4, -0.2) is 17.4 Å². The van der Waals surface area contributed by atoms with E-state index in [-0.39, 0.29) is 11.8 Å². The molecular formula is C16H19N3OS. The highest BCUT2D eigenvalue weighted by molar-refractivity contribution is 7.15. The highest BCUT2D eigenvalue weighted by Crippen LogP contribution is 2.35. The van der Waals surface area contributed by atoms with Gasteiger partial charge in [0.05, 0.1) is 5.69 Å². The van der Waals surface area contributed by atoms with Gasteiger partial charge < -0.3 is 10.6 Å². The van der Waals surface area contributed by atoms with Crippen molar-refractivity contribution < 1.29 is 4.79 Å². The SMILES string of the molecule is Cc1sc(N)nc1-c1ccc2c(c1)CCN2C(=O)C(C)C. The summed E-state index contributed by atoms with van der Waals surface area (Å²) in [5, 5.41) is 0.597. The van der Waals surface area contributed by atoms with Crippen molar-refractivity contribution in [1.29, 1.82) is 0 Å². The number of benzene rings is 1. The van der Waals surface area contributed by atoms with Gasteiger partial charge >= 0.3 is 0 Å². The summed E-state index contributed by atoms with van der Waals surface area (Å²) in [4.78, 5) is 19.6. The minimum Gasteiger partial charge on any atom is -0.375 e. The van der Waals surface area contributed by atoms with Gasteiger partial charge in [0.1, 0.15) is 0 Å². The number of carbonyl (C=O) groups is 1. The third-order valence-corrected chi connectivity index (χ3v) is 4.62. The third kappa shape index (κ3) is 2.42. The van der Waals surface area contributed by atoms with Crippen molar-refractivity contribution in [2.75, 3.05) is 17.2 Å². The van der Waals surface area contributed by atoms with Crippen LogP contribution in [0.25, 0.3) is 11.3 Å². The van der Waals surface area contributed by atoms with Crippen molar-refractivity contribution in [2.45, 2.75) is 27.2 Å². The van der Waals surface area contributed by atoms with Crippen molar-refractivity contribution in [3.8, 4) is 11.3 Å². The maximum absolute atomic E-state index is 12.2. The molecule has 0 unspecified atom stereocenters. The second kappa shape index (κ2) is 5.15. The van der Waals surface area contributed by atoms with E-state index < -0.39 is 0 Å². The first-order chi connectivity index (χ1) is 9.97. The van der Waals surface area contributed by atoms with Crippen LogP contribution >= 0.6 is 11.3 Å². The minimum absolute atomic E-state index is 0.0243. The number of carbonyl (C=O) groups excluding carboxylic acids is 1. The van der Waals surface area contributed by atoms with Gasteiger partial charge in [-0.3, -0.25) is 4.79 Å². The first kappa shape index (κ1) is 14.1. The van der Waals surface area contributed by atoms with Crippen molar-refractivity contribution in [2.24, 2.45) is 5.92 Å². The second-order valence-electron chi connectivity index (χ2n) is 5.69. The maximum Gasteiger partial charge on any atom is 0.229 e. The molecule has 21 heavy (non-hydrogen) atoms. The molecule has 1 amide bonds. The predicted octanol–water partition coefficient (Wildman–Crippen LogP) is 3.25. The Morgan fingerprint density at radius 3 is 2.81 bits per heavy atom. The maximum atomic E-state index is 12.2. The largest absolute Gasteiger partial charge is 0.375 e. The third-order valence-electron chi connectivity index (χ3n) is 3.82. The standard InChI is InChI=1S/C16H19N3OS/c1-9(2)15(20)19-7-6-11-8-12(4-5-13(11)19)14-10(3)21-16(17)18-14/h4-5,8-9H,6-7H2,1-3H3,(H2,17,18). The molecule has 1 aliphatic heterocycles. The van der Waals surface area contributed by atoms with Crippen molar-refractivity contribution in [1.82, 2.24) is 4.98 Å². The summed E-state index contributed by atoms with van der Waals surface area (Å²) in [7, 11) is 0. The lowest BCUT2D eigenvalue weighted by molar-refractivity contribution is -0.121. The Labute approximate surface area is 128 Å². The summed E-state index contributed by atoms with van der Waals surface area (Å²) < 4.78 is 0. The molecule has 3 rings (SSSR count). The van der Waals surface area contributed by atoms with E-state index in [4.69, 9.17) is 5.73 Å². The molecule has 110 valence electrons. The normalized spacial score (nSPS) is 13.8. The van der Waals surface area contributed by atoms with Crippen LogP contribution in [0.3, 0.4) is 0 Å². The van der Waals surface area contributed by atoms with Crippen LogP contribution in [-0.2, 0) is 11.2 Å². The van der Waals surface area contributed by atoms with E-state index in [0.717, 1.165) is 34.8 Å².